The smallest absolute Gasteiger partial charge is 0.278 e. The maximum absolute atomic E-state index is 13.1. The fourth-order valence-electron chi connectivity index (χ4n) is 4.08. The van der Waals surface area contributed by atoms with Gasteiger partial charge in [0.25, 0.3) is 11.8 Å². The fourth-order valence-corrected chi connectivity index (χ4v) is 4.08. The lowest BCUT2D eigenvalue weighted by molar-refractivity contribution is -0.898. The Labute approximate surface area is 172 Å². The number of piperazine rings is 2. The van der Waals surface area contributed by atoms with Crippen molar-refractivity contribution in [1.82, 2.24) is 10.2 Å². The van der Waals surface area contributed by atoms with E-state index in [1.807, 2.05) is 30.9 Å². The van der Waals surface area contributed by atoms with Crippen LogP contribution in [0.3, 0.4) is 0 Å². The van der Waals surface area contributed by atoms with Crippen molar-refractivity contribution in [2.24, 2.45) is 0 Å². The molecular formula is C21H34FN5O2+2. The molecule has 0 unspecified atom stereocenters. The third-order valence-electron chi connectivity index (χ3n) is 5.75. The third-order valence-corrected chi connectivity index (χ3v) is 5.75. The van der Waals surface area contributed by atoms with E-state index >= 15 is 0 Å². The van der Waals surface area contributed by atoms with Crippen molar-refractivity contribution in [3.63, 3.8) is 0 Å². The van der Waals surface area contributed by atoms with Crippen LogP contribution in [0.4, 0.5) is 10.1 Å². The lowest BCUT2D eigenvalue weighted by Crippen LogP contribution is -3.17. The van der Waals surface area contributed by atoms with E-state index < -0.39 is 0 Å². The summed E-state index contributed by atoms with van der Waals surface area (Å²) in [6.07, 6.45) is 0. The normalized spacial score (nSPS) is 18.9. The molecule has 0 spiro atoms. The van der Waals surface area contributed by atoms with Gasteiger partial charge in [-0.05, 0) is 38.1 Å². The summed E-state index contributed by atoms with van der Waals surface area (Å²) >= 11 is 0. The molecule has 2 amide bonds. The highest BCUT2D eigenvalue weighted by Gasteiger charge is 2.29. The van der Waals surface area contributed by atoms with Gasteiger partial charge in [0.15, 0.2) is 13.1 Å². The first-order valence-corrected chi connectivity index (χ1v) is 10.7. The van der Waals surface area contributed by atoms with Gasteiger partial charge in [0.05, 0.1) is 52.4 Å². The van der Waals surface area contributed by atoms with Crippen LogP contribution in [0, 0.1) is 5.82 Å². The summed E-state index contributed by atoms with van der Waals surface area (Å²) in [6.45, 7) is 11.6. The number of carbonyl (C=O) groups excluding carboxylic acids is 2. The van der Waals surface area contributed by atoms with Crippen LogP contribution in [0.15, 0.2) is 24.3 Å². The molecule has 0 radical (unpaired) electrons. The number of rotatable bonds is 6. The number of quaternary nitrogens is 2. The van der Waals surface area contributed by atoms with Gasteiger partial charge in [0.1, 0.15) is 5.82 Å². The SMILES string of the molecule is CC(C)NC(=O)C[NH+]1CCN(C(=O)C[NH+]2CCN(c3ccc(F)cc3)CC2)CC1. The lowest BCUT2D eigenvalue weighted by Gasteiger charge is -2.35. The highest BCUT2D eigenvalue weighted by atomic mass is 19.1. The second-order valence-electron chi connectivity index (χ2n) is 8.42. The minimum Gasteiger partial charge on any atom is -0.360 e. The van der Waals surface area contributed by atoms with E-state index in [2.05, 4.69) is 10.2 Å². The topological polar surface area (TPSA) is 61.5 Å². The molecule has 2 fully saturated rings. The van der Waals surface area contributed by atoms with Crippen LogP contribution in [0.5, 0.6) is 0 Å². The second-order valence-corrected chi connectivity index (χ2v) is 8.42. The van der Waals surface area contributed by atoms with Crippen LogP contribution in [-0.4, -0.2) is 88.2 Å². The molecule has 0 aromatic heterocycles. The van der Waals surface area contributed by atoms with Crippen LogP contribution >= 0.6 is 0 Å². The van der Waals surface area contributed by atoms with E-state index in [0.29, 0.717) is 13.1 Å². The van der Waals surface area contributed by atoms with Gasteiger partial charge in [-0.15, -0.1) is 0 Å². The largest absolute Gasteiger partial charge is 0.360 e. The summed E-state index contributed by atoms with van der Waals surface area (Å²) in [5.41, 5.74) is 1.04. The predicted molar refractivity (Wildman–Crippen MR) is 110 cm³/mol. The van der Waals surface area contributed by atoms with Gasteiger partial charge in [0.2, 0.25) is 0 Å². The Kier molecular flexibility index (Phi) is 7.44. The zero-order chi connectivity index (χ0) is 20.8. The zero-order valence-electron chi connectivity index (χ0n) is 17.5. The first-order chi connectivity index (χ1) is 13.9. The van der Waals surface area contributed by atoms with E-state index in [-0.39, 0.29) is 23.7 Å². The second kappa shape index (κ2) is 10.0. The standard InChI is InChI=1S/C21H32FN5O2/c1-17(2)23-20(28)15-24-9-13-27(14-10-24)21(29)16-25-7-11-26(12-8-25)19-5-3-18(22)4-6-19/h3-6,17H,7-16H2,1-2H3,(H,23,28)/p+2. The van der Waals surface area contributed by atoms with Crippen molar-refractivity contribution in [1.29, 1.82) is 0 Å². The van der Waals surface area contributed by atoms with Crippen molar-refractivity contribution in [3.05, 3.63) is 30.1 Å². The highest BCUT2D eigenvalue weighted by Crippen LogP contribution is 2.14. The third kappa shape index (κ3) is 6.40. The summed E-state index contributed by atoms with van der Waals surface area (Å²) in [5, 5.41) is 2.93. The number of anilines is 1. The van der Waals surface area contributed by atoms with E-state index in [1.165, 1.54) is 21.9 Å². The van der Waals surface area contributed by atoms with Gasteiger partial charge in [0, 0.05) is 11.7 Å². The van der Waals surface area contributed by atoms with Gasteiger partial charge in [-0.2, -0.15) is 0 Å². The quantitative estimate of drug-likeness (QED) is 0.501. The van der Waals surface area contributed by atoms with Gasteiger partial charge in [-0.3, -0.25) is 9.59 Å². The molecular weight excluding hydrogens is 373 g/mol. The summed E-state index contributed by atoms with van der Waals surface area (Å²) in [6, 6.07) is 6.78. The number of nitrogens with one attached hydrogen (secondary N) is 3. The van der Waals surface area contributed by atoms with E-state index in [4.69, 9.17) is 0 Å². The van der Waals surface area contributed by atoms with Crippen LogP contribution < -0.4 is 20.0 Å². The lowest BCUT2D eigenvalue weighted by atomic mass is 10.2. The Morgan fingerprint density at radius 1 is 0.966 bits per heavy atom. The molecule has 0 atom stereocenters. The molecule has 3 N–H and O–H groups in total. The van der Waals surface area contributed by atoms with Crippen LogP contribution in [0.2, 0.25) is 0 Å². The Morgan fingerprint density at radius 3 is 2.10 bits per heavy atom. The Morgan fingerprint density at radius 2 is 1.52 bits per heavy atom. The van der Waals surface area contributed by atoms with Gasteiger partial charge in [-0.25, -0.2) is 4.39 Å². The number of halogens is 1. The van der Waals surface area contributed by atoms with Gasteiger partial charge < -0.3 is 24.9 Å². The Hall–Kier alpha value is -2.19. The van der Waals surface area contributed by atoms with Crippen molar-refractivity contribution in [3.8, 4) is 0 Å². The molecule has 2 aliphatic heterocycles. The van der Waals surface area contributed by atoms with Crippen molar-refractivity contribution >= 4 is 17.5 Å². The van der Waals surface area contributed by atoms with Crippen molar-refractivity contribution in [2.45, 2.75) is 19.9 Å². The monoisotopic (exact) mass is 407 g/mol. The van der Waals surface area contributed by atoms with Crippen LogP contribution in [0.25, 0.3) is 0 Å². The van der Waals surface area contributed by atoms with E-state index in [9.17, 15) is 14.0 Å². The van der Waals surface area contributed by atoms with Gasteiger partial charge in [-0.1, -0.05) is 0 Å². The Balaban J connectivity index is 1.37. The molecule has 160 valence electrons. The summed E-state index contributed by atoms with van der Waals surface area (Å²) in [5.74, 6) is 0.0743. The maximum Gasteiger partial charge on any atom is 0.278 e. The first-order valence-electron chi connectivity index (χ1n) is 10.7. The molecule has 2 saturated heterocycles. The number of amides is 2. The molecule has 0 saturated carbocycles. The molecule has 0 bridgehead atoms. The molecule has 2 heterocycles. The zero-order valence-corrected chi connectivity index (χ0v) is 17.5. The molecule has 1 aromatic rings. The number of hydrogen-bond acceptors (Lipinski definition) is 3. The highest BCUT2D eigenvalue weighted by molar-refractivity contribution is 5.77. The molecule has 1 aromatic carbocycles. The number of benzene rings is 1. The number of nitrogens with zero attached hydrogens (tertiary/aromatic N) is 2. The van der Waals surface area contributed by atoms with E-state index in [0.717, 1.165) is 58.0 Å². The molecule has 7 nitrogen and oxygen atoms in total. The molecule has 0 aliphatic carbocycles. The molecule has 2 aliphatic rings. The average molecular weight is 408 g/mol. The van der Waals surface area contributed by atoms with Crippen LogP contribution in [0.1, 0.15) is 13.8 Å². The van der Waals surface area contributed by atoms with E-state index in [1.54, 1.807) is 0 Å². The van der Waals surface area contributed by atoms with Crippen molar-refractivity contribution in [2.75, 3.05) is 70.3 Å². The molecule has 3 rings (SSSR count). The minimum atomic E-state index is -0.217. The molecule has 8 heteroatoms. The number of hydrogen-bond donors (Lipinski definition) is 3. The summed E-state index contributed by atoms with van der Waals surface area (Å²) in [4.78, 5) is 31.3. The fraction of sp³-hybridized carbons (Fsp3) is 0.619. The van der Waals surface area contributed by atoms with Crippen molar-refractivity contribution < 1.29 is 23.8 Å². The van der Waals surface area contributed by atoms with Crippen LogP contribution in [-0.2, 0) is 9.59 Å². The summed E-state index contributed by atoms with van der Waals surface area (Å²) < 4.78 is 13.1. The maximum atomic E-state index is 13.1. The average Bonchev–Trinajstić information content (AvgIpc) is 2.69. The molecule has 29 heavy (non-hydrogen) atoms. The minimum absolute atomic E-state index is 0.0817. The summed E-state index contributed by atoms with van der Waals surface area (Å²) in [7, 11) is 0. The number of carbonyl (C=O) groups is 2. The Bertz CT molecular complexity index is 681. The first kappa shape index (κ1) is 21.5. The van der Waals surface area contributed by atoms with Gasteiger partial charge >= 0.3 is 0 Å². The predicted octanol–water partition coefficient (Wildman–Crippen LogP) is -2.22.